The lowest BCUT2D eigenvalue weighted by atomic mass is 10.3. The maximum atomic E-state index is 5.40. The fourth-order valence-corrected chi connectivity index (χ4v) is 1.00. The highest BCUT2D eigenvalue weighted by Crippen LogP contribution is 1.98. The van der Waals surface area contributed by atoms with Gasteiger partial charge in [0, 0.05) is 12.6 Å². The van der Waals surface area contributed by atoms with Gasteiger partial charge in [-0.05, 0) is 18.5 Å². The molecule has 0 saturated carbocycles. The molecule has 1 rings (SSSR count). The Morgan fingerprint density at radius 1 is 1.67 bits per heavy atom. The first-order chi connectivity index (χ1) is 5.86. The van der Waals surface area contributed by atoms with Crippen LogP contribution in [0.2, 0.25) is 0 Å². The number of aromatic nitrogens is 2. The van der Waals surface area contributed by atoms with Gasteiger partial charge in [-0.15, -0.1) is 12.3 Å². The van der Waals surface area contributed by atoms with E-state index in [1.165, 1.54) is 5.56 Å². The van der Waals surface area contributed by atoms with E-state index in [0.717, 1.165) is 19.4 Å². The molecule has 0 atom stereocenters. The number of rotatable bonds is 4. The van der Waals surface area contributed by atoms with E-state index in [1.54, 1.807) is 0 Å². The summed E-state index contributed by atoms with van der Waals surface area (Å²) in [5.74, 6) is 2.57. The van der Waals surface area contributed by atoms with Crippen molar-refractivity contribution in [3.8, 4) is 12.3 Å². The topological polar surface area (TPSA) is 43.8 Å². The first-order valence-corrected chi connectivity index (χ1v) is 4.01. The molecule has 0 aromatic carbocycles. The van der Waals surface area contributed by atoms with Crippen molar-refractivity contribution in [3.63, 3.8) is 0 Å². The summed E-state index contributed by atoms with van der Waals surface area (Å²) in [5, 5.41) is 4.14. The van der Waals surface area contributed by atoms with Gasteiger partial charge in [0.1, 0.15) is 0 Å². The van der Waals surface area contributed by atoms with Gasteiger partial charge in [0.25, 0.3) is 0 Å². The Balaban J connectivity index is 2.47. The Morgan fingerprint density at radius 3 is 3.17 bits per heavy atom. The number of aryl methyl sites for hydroxylation is 1. The lowest BCUT2D eigenvalue weighted by Gasteiger charge is -1.94. The third kappa shape index (κ3) is 2.40. The van der Waals surface area contributed by atoms with Gasteiger partial charge in [0.2, 0.25) is 0 Å². The summed E-state index contributed by atoms with van der Waals surface area (Å²) in [6, 6.07) is 0. The molecule has 0 aliphatic rings. The number of nitrogens with zero attached hydrogens (tertiary/aromatic N) is 2. The lowest BCUT2D eigenvalue weighted by molar-refractivity contribution is 0.629. The smallest absolute Gasteiger partial charge is 0.0522 e. The van der Waals surface area contributed by atoms with Crippen molar-refractivity contribution in [1.82, 2.24) is 9.78 Å². The zero-order valence-corrected chi connectivity index (χ0v) is 7.03. The lowest BCUT2D eigenvalue weighted by Crippen LogP contribution is -2.02. The van der Waals surface area contributed by atoms with E-state index in [4.69, 9.17) is 12.2 Å². The predicted molar refractivity (Wildman–Crippen MR) is 48.4 cm³/mol. The zero-order valence-electron chi connectivity index (χ0n) is 7.03. The minimum atomic E-state index is 0.667. The number of terminal acetylenes is 1. The molecular formula is C9H13N3. The average molecular weight is 163 g/mol. The van der Waals surface area contributed by atoms with Crippen LogP contribution in [0.25, 0.3) is 0 Å². The highest BCUT2D eigenvalue weighted by Gasteiger charge is 1.95. The van der Waals surface area contributed by atoms with Gasteiger partial charge in [-0.3, -0.25) is 4.68 Å². The van der Waals surface area contributed by atoms with Crippen LogP contribution >= 0.6 is 0 Å². The second kappa shape index (κ2) is 4.58. The van der Waals surface area contributed by atoms with Crippen molar-refractivity contribution >= 4 is 0 Å². The molecule has 12 heavy (non-hydrogen) atoms. The number of nitrogens with two attached hydrogens (primary N) is 1. The molecule has 0 fully saturated rings. The molecule has 0 aliphatic carbocycles. The van der Waals surface area contributed by atoms with E-state index in [-0.39, 0.29) is 0 Å². The van der Waals surface area contributed by atoms with Gasteiger partial charge in [-0.1, -0.05) is 0 Å². The summed E-state index contributed by atoms with van der Waals surface area (Å²) in [7, 11) is 0. The van der Waals surface area contributed by atoms with Gasteiger partial charge in [0.15, 0.2) is 0 Å². The van der Waals surface area contributed by atoms with Gasteiger partial charge in [0.05, 0.1) is 12.7 Å². The van der Waals surface area contributed by atoms with Crippen LogP contribution in [-0.4, -0.2) is 16.3 Å². The van der Waals surface area contributed by atoms with Crippen LogP contribution in [0.4, 0.5) is 0 Å². The van der Waals surface area contributed by atoms with Crippen LogP contribution < -0.4 is 5.73 Å². The monoisotopic (exact) mass is 163 g/mol. The molecule has 2 N–H and O–H groups in total. The van der Waals surface area contributed by atoms with Crippen LogP contribution in [0.5, 0.6) is 0 Å². The minimum Gasteiger partial charge on any atom is -0.330 e. The average Bonchev–Trinajstić information content (AvgIpc) is 2.50. The van der Waals surface area contributed by atoms with Crippen molar-refractivity contribution in [1.29, 1.82) is 0 Å². The maximum Gasteiger partial charge on any atom is 0.0522 e. The first-order valence-electron chi connectivity index (χ1n) is 4.01. The fourth-order valence-electron chi connectivity index (χ4n) is 1.00. The minimum absolute atomic E-state index is 0.667. The molecule has 0 saturated heterocycles. The number of hydrogen-bond donors (Lipinski definition) is 1. The highest BCUT2D eigenvalue weighted by atomic mass is 15.3. The predicted octanol–water partition coefficient (Wildman–Crippen LogP) is 0.408. The quantitative estimate of drug-likeness (QED) is 0.653. The summed E-state index contributed by atoms with van der Waals surface area (Å²) in [4.78, 5) is 0. The van der Waals surface area contributed by atoms with Gasteiger partial charge in [-0.2, -0.15) is 5.10 Å². The standard InChI is InChI=1S/C9H13N3/c1-2-3-6-12-8-9(4-5-10)7-11-12/h1,7-8H,3-6,10H2. The van der Waals surface area contributed by atoms with E-state index >= 15 is 0 Å². The third-order valence-electron chi connectivity index (χ3n) is 1.60. The summed E-state index contributed by atoms with van der Waals surface area (Å²) in [5.41, 5.74) is 6.58. The molecule has 1 heterocycles. The molecule has 64 valence electrons. The van der Waals surface area contributed by atoms with Gasteiger partial charge >= 0.3 is 0 Å². The summed E-state index contributed by atoms with van der Waals surface area (Å²) >= 11 is 0. The van der Waals surface area contributed by atoms with Gasteiger partial charge in [-0.25, -0.2) is 0 Å². The van der Waals surface area contributed by atoms with Crippen molar-refractivity contribution in [2.24, 2.45) is 5.73 Å². The second-order valence-electron chi connectivity index (χ2n) is 2.60. The van der Waals surface area contributed by atoms with E-state index < -0.39 is 0 Å². The second-order valence-corrected chi connectivity index (χ2v) is 2.60. The molecule has 0 aliphatic heterocycles. The van der Waals surface area contributed by atoms with Crippen LogP contribution in [0, 0.1) is 12.3 Å². The van der Waals surface area contributed by atoms with E-state index in [9.17, 15) is 0 Å². The summed E-state index contributed by atoms with van der Waals surface area (Å²) in [6.45, 7) is 1.46. The molecule has 0 spiro atoms. The largest absolute Gasteiger partial charge is 0.330 e. The first kappa shape index (κ1) is 8.82. The van der Waals surface area contributed by atoms with E-state index in [0.29, 0.717) is 6.54 Å². The molecule has 3 heteroatoms. The molecule has 0 unspecified atom stereocenters. The zero-order chi connectivity index (χ0) is 8.81. The SMILES string of the molecule is C#CCCn1cc(CCN)cn1. The van der Waals surface area contributed by atoms with Crippen LogP contribution in [0.1, 0.15) is 12.0 Å². The molecule has 0 amide bonds. The van der Waals surface area contributed by atoms with Crippen LogP contribution in [-0.2, 0) is 13.0 Å². The molecular weight excluding hydrogens is 150 g/mol. The number of hydrogen-bond acceptors (Lipinski definition) is 2. The molecule has 0 bridgehead atoms. The normalized spacial score (nSPS) is 9.67. The summed E-state index contributed by atoms with van der Waals surface area (Å²) < 4.78 is 1.85. The van der Waals surface area contributed by atoms with Crippen molar-refractivity contribution in [2.45, 2.75) is 19.4 Å². The van der Waals surface area contributed by atoms with E-state index in [1.807, 2.05) is 17.1 Å². The van der Waals surface area contributed by atoms with Gasteiger partial charge < -0.3 is 5.73 Å². The Morgan fingerprint density at radius 2 is 2.50 bits per heavy atom. The Labute approximate surface area is 72.6 Å². The molecule has 1 aromatic heterocycles. The van der Waals surface area contributed by atoms with Crippen molar-refractivity contribution in [2.75, 3.05) is 6.54 Å². The Hall–Kier alpha value is -1.27. The Kier molecular flexibility index (Phi) is 3.36. The molecule has 1 aromatic rings. The molecule has 0 radical (unpaired) electrons. The van der Waals surface area contributed by atoms with E-state index in [2.05, 4.69) is 11.0 Å². The van der Waals surface area contributed by atoms with Crippen LogP contribution in [0.3, 0.4) is 0 Å². The fraction of sp³-hybridized carbons (Fsp3) is 0.444. The molecule has 3 nitrogen and oxygen atoms in total. The third-order valence-corrected chi connectivity index (χ3v) is 1.60. The van der Waals surface area contributed by atoms with Crippen LogP contribution in [0.15, 0.2) is 12.4 Å². The Bertz CT molecular complexity index is 270. The highest BCUT2D eigenvalue weighted by molar-refractivity contribution is 5.04. The summed E-state index contributed by atoms with van der Waals surface area (Å²) in [6.07, 6.45) is 10.6. The van der Waals surface area contributed by atoms with Crippen molar-refractivity contribution < 1.29 is 0 Å². The maximum absolute atomic E-state index is 5.40. The van der Waals surface area contributed by atoms with Crippen molar-refractivity contribution in [3.05, 3.63) is 18.0 Å².